The standard InChI is InChI=1S/C13H21NO3S2/c1-9-5-12(8-15)6-13(11(9)3)19(16,17)14-7-10(2)18-4/h5-6,10,14-15H,7-8H2,1-4H3. The number of hydrogen-bond acceptors (Lipinski definition) is 4. The number of benzene rings is 1. The zero-order chi connectivity index (χ0) is 14.6. The maximum Gasteiger partial charge on any atom is 0.240 e. The second-order valence-corrected chi connectivity index (χ2v) is 7.60. The van der Waals surface area contributed by atoms with E-state index in [1.165, 1.54) is 6.07 Å². The van der Waals surface area contributed by atoms with Crippen molar-refractivity contribution in [3.63, 3.8) is 0 Å². The monoisotopic (exact) mass is 303 g/mol. The van der Waals surface area contributed by atoms with Gasteiger partial charge in [-0.05, 0) is 42.9 Å². The first-order chi connectivity index (χ1) is 8.81. The average Bonchev–Trinajstić information content (AvgIpc) is 2.38. The zero-order valence-electron chi connectivity index (χ0n) is 11.7. The molecule has 0 saturated heterocycles. The fourth-order valence-corrected chi connectivity index (χ4v) is 3.51. The van der Waals surface area contributed by atoms with Crippen LogP contribution in [-0.2, 0) is 16.6 Å². The molecule has 1 unspecified atom stereocenters. The van der Waals surface area contributed by atoms with Crippen LogP contribution in [0.3, 0.4) is 0 Å². The number of sulfonamides is 1. The van der Waals surface area contributed by atoms with Crippen LogP contribution in [0.2, 0.25) is 0 Å². The van der Waals surface area contributed by atoms with E-state index < -0.39 is 10.0 Å². The van der Waals surface area contributed by atoms with Crippen LogP contribution in [0.5, 0.6) is 0 Å². The van der Waals surface area contributed by atoms with Crippen LogP contribution in [0.4, 0.5) is 0 Å². The molecular formula is C13H21NO3S2. The lowest BCUT2D eigenvalue weighted by Crippen LogP contribution is -2.30. The van der Waals surface area contributed by atoms with Crippen molar-refractivity contribution in [1.29, 1.82) is 0 Å². The summed E-state index contributed by atoms with van der Waals surface area (Å²) in [5.74, 6) is 0. The predicted molar refractivity (Wildman–Crippen MR) is 80.0 cm³/mol. The van der Waals surface area contributed by atoms with Gasteiger partial charge in [-0.2, -0.15) is 11.8 Å². The molecule has 0 aliphatic heterocycles. The number of aliphatic hydroxyl groups excluding tert-OH is 1. The summed E-state index contributed by atoms with van der Waals surface area (Å²) in [5.41, 5.74) is 2.20. The molecule has 4 nitrogen and oxygen atoms in total. The molecule has 0 aliphatic carbocycles. The van der Waals surface area contributed by atoms with Crippen molar-refractivity contribution in [2.24, 2.45) is 0 Å². The third-order valence-electron chi connectivity index (χ3n) is 3.11. The van der Waals surface area contributed by atoms with Crippen molar-refractivity contribution in [3.05, 3.63) is 28.8 Å². The highest BCUT2D eigenvalue weighted by Crippen LogP contribution is 2.21. The maximum absolute atomic E-state index is 12.3. The Kier molecular flexibility index (Phi) is 5.85. The van der Waals surface area contributed by atoms with Crippen LogP contribution >= 0.6 is 11.8 Å². The van der Waals surface area contributed by atoms with E-state index in [0.29, 0.717) is 12.1 Å². The predicted octanol–water partition coefficient (Wildman–Crippen LogP) is 1.83. The summed E-state index contributed by atoms with van der Waals surface area (Å²) in [6.07, 6.45) is 1.95. The Morgan fingerprint density at radius 1 is 1.37 bits per heavy atom. The molecule has 19 heavy (non-hydrogen) atoms. The molecule has 0 amide bonds. The molecule has 0 fully saturated rings. The Labute approximate surface area is 119 Å². The summed E-state index contributed by atoms with van der Waals surface area (Å²) in [7, 11) is -3.53. The molecule has 0 bridgehead atoms. The van der Waals surface area contributed by atoms with Gasteiger partial charge in [-0.1, -0.05) is 13.0 Å². The highest BCUT2D eigenvalue weighted by atomic mass is 32.2. The van der Waals surface area contributed by atoms with Gasteiger partial charge in [0, 0.05) is 11.8 Å². The minimum atomic E-state index is -3.53. The SMILES string of the molecule is CSC(C)CNS(=O)(=O)c1cc(CO)cc(C)c1C. The summed E-state index contributed by atoms with van der Waals surface area (Å²) in [6.45, 7) is 5.83. The molecule has 0 saturated carbocycles. The summed E-state index contributed by atoms with van der Waals surface area (Å²) in [6, 6.07) is 3.34. The van der Waals surface area contributed by atoms with Crippen molar-refractivity contribution in [3.8, 4) is 0 Å². The third-order valence-corrected chi connectivity index (χ3v) is 5.64. The lowest BCUT2D eigenvalue weighted by Gasteiger charge is -2.14. The molecule has 0 aromatic heterocycles. The van der Waals surface area contributed by atoms with Gasteiger partial charge >= 0.3 is 0 Å². The normalized spacial score (nSPS) is 13.5. The Bertz CT molecular complexity index is 541. The highest BCUT2D eigenvalue weighted by Gasteiger charge is 2.19. The van der Waals surface area contributed by atoms with E-state index in [0.717, 1.165) is 11.1 Å². The smallest absolute Gasteiger partial charge is 0.240 e. The molecular weight excluding hydrogens is 282 g/mol. The molecule has 108 valence electrons. The van der Waals surface area contributed by atoms with Crippen LogP contribution in [-0.4, -0.2) is 31.6 Å². The zero-order valence-corrected chi connectivity index (χ0v) is 13.4. The quantitative estimate of drug-likeness (QED) is 0.841. The lowest BCUT2D eigenvalue weighted by molar-refractivity contribution is 0.281. The third kappa shape index (κ3) is 4.21. The molecule has 0 radical (unpaired) electrons. The van der Waals surface area contributed by atoms with Crippen molar-refractivity contribution in [2.75, 3.05) is 12.8 Å². The van der Waals surface area contributed by atoms with Crippen molar-refractivity contribution >= 4 is 21.8 Å². The van der Waals surface area contributed by atoms with Crippen molar-refractivity contribution < 1.29 is 13.5 Å². The summed E-state index contributed by atoms with van der Waals surface area (Å²) < 4.78 is 27.2. The van der Waals surface area contributed by atoms with Gasteiger partial charge in [0.15, 0.2) is 0 Å². The van der Waals surface area contributed by atoms with E-state index in [-0.39, 0.29) is 16.8 Å². The molecule has 2 N–H and O–H groups in total. The van der Waals surface area contributed by atoms with Crippen LogP contribution in [0, 0.1) is 13.8 Å². The fraction of sp³-hybridized carbons (Fsp3) is 0.538. The van der Waals surface area contributed by atoms with E-state index in [2.05, 4.69) is 4.72 Å². The van der Waals surface area contributed by atoms with E-state index >= 15 is 0 Å². The van der Waals surface area contributed by atoms with E-state index in [9.17, 15) is 13.5 Å². The van der Waals surface area contributed by atoms with Gasteiger partial charge in [-0.3, -0.25) is 0 Å². The highest BCUT2D eigenvalue weighted by molar-refractivity contribution is 7.99. The minimum Gasteiger partial charge on any atom is -0.392 e. The van der Waals surface area contributed by atoms with Crippen molar-refractivity contribution in [1.82, 2.24) is 4.72 Å². The summed E-state index contributed by atoms with van der Waals surface area (Å²) in [5, 5.41) is 9.40. The summed E-state index contributed by atoms with van der Waals surface area (Å²) in [4.78, 5) is 0.254. The average molecular weight is 303 g/mol. The molecule has 1 aromatic rings. The minimum absolute atomic E-state index is 0.162. The van der Waals surface area contributed by atoms with Gasteiger partial charge in [0.25, 0.3) is 0 Å². The van der Waals surface area contributed by atoms with Crippen LogP contribution < -0.4 is 4.72 Å². The second-order valence-electron chi connectivity index (χ2n) is 4.59. The van der Waals surface area contributed by atoms with Crippen molar-refractivity contribution in [2.45, 2.75) is 37.5 Å². The molecule has 0 spiro atoms. The Morgan fingerprint density at radius 3 is 2.53 bits per heavy atom. The van der Waals surface area contributed by atoms with Crippen LogP contribution in [0.15, 0.2) is 17.0 Å². The molecule has 0 heterocycles. The first-order valence-corrected chi connectivity index (χ1v) is 8.82. The van der Waals surface area contributed by atoms with Crippen LogP contribution in [0.25, 0.3) is 0 Å². The van der Waals surface area contributed by atoms with Crippen LogP contribution in [0.1, 0.15) is 23.6 Å². The van der Waals surface area contributed by atoms with E-state index in [1.807, 2.05) is 20.1 Å². The largest absolute Gasteiger partial charge is 0.392 e. The topological polar surface area (TPSA) is 66.4 Å². The Balaban J connectivity index is 3.10. The van der Waals surface area contributed by atoms with E-state index in [1.54, 1.807) is 24.8 Å². The molecule has 1 rings (SSSR count). The van der Waals surface area contributed by atoms with Gasteiger partial charge < -0.3 is 5.11 Å². The number of aliphatic hydroxyl groups is 1. The van der Waals surface area contributed by atoms with Gasteiger partial charge in [-0.25, -0.2) is 13.1 Å². The number of thioether (sulfide) groups is 1. The maximum atomic E-state index is 12.3. The molecule has 1 atom stereocenters. The summed E-state index contributed by atoms with van der Waals surface area (Å²) >= 11 is 1.61. The lowest BCUT2D eigenvalue weighted by atomic mass is 10.1. The first kappa shape index (κ1) is 16.5. The number of aryl methyl sites for hydroxylation is 1. The second kappa shape index (κ2) is 6.74. The number of rotatable bonds is 6. The molecule has 1 aromatic carbocycles. The number of nitrogens with one attached hydrogen (secondary N) is 1. The first-order valence-electron chi connectivity index (χ1n) is 6.05. The fourth-order valence-electron chi connectivity index (χ4n) is 1.66. The van der Waals surface area contributed by atoms with E-state index in [4.69, 9.17) is 0 Å². The van der Waals surface area contributed by atoms with Gasteiger partial charge in [0.2, 0.25) is 10.0 Å². The Morgan fingerprint density at radius 2 is 2.00 bits per heavy atom. The van der Waals surface area contributed by atoms with Gasteiger partial charge in [-0.15, -0.1) is 0 Å². The molecule has 0 aliphatic rings. The number of hydrogen-bond donors (Lipinski definition) is 2. The Hall–Kier alpha value is -0.560. The van der Waals surface area contributed by atoms with Gasteiger partial charge in [0.05, 0.1) is 11.5 Å². The van der Waals surface area contributed by atoms with Gasteiger partial charge in [0.1, 0.15) is 0 Å². The molecule has 6 heteroatoms.